The molecule has 1 amide bonds. The smallest absolute Gasteiger partial charge is 0.406 e. The van der Waals surface area contributed by atoms with Crippen LogP contribution in [0, 0.1) is 5.41 Å². The van der Waals surface area contributed by atoms with Gasteiger partial charge in [-0.05, 0) is 37.0 Å². The maximum atomic E-state index is 13.2. The van der Waals surface area contributed by atoms with Crippen LogP contribution in [-0.4, -0.2) is 41.1 Å². The first-order valence-electron chi connectivity index (χ1n) is 7.48. The van der Waals surface area contributed by atoms with Gasteiger partial charge in [0.05, 0.1) is 5.41 Å². The third kappa shape index (κ3) is 2.46. The molecule has 0 radical (unpaired) electrons. The lowest BCUT2D eigenvalue weighted by Crippen LogP contribution is -2.48. The summed E-state index contributed by atoms with van der Waals surface area (Å²) >= 11 is 5.83. The van der Waals surface area contributed by atoms with Gasteiger partial charge in [-0.1, -0.05) is 23.7 Å². The van der Waals surface area contributed by atoms with Gasteiger partial charge in [0.15, 0.2) is 5.41 Å². The number of carbonyl (C=O) groups is 2. The fraction of sp³-hybridized carbons (Fsp3) is 0.500. The van der Waals surface area contributed by atoms with Gasteiger partial charge in [-0.3, -0.25) is 9.59 Å². The summed E-state index contributed by atoms with van der Waals surface area (Å²) in [7, 11) is 0. The Balaban J connectivity index is 1.85. The minimum atomic E-state index is -4.90. The number of carbonyl (C=O) groups excluding carboxylic acids is 1. The number of amides is 1. The number of benzene rings is 1. The quantitative estimate of drug-likeness (QED) is 0.899. The van der Waals surface area contributed by atoms with Gasteiger partial charge < -0.3 is 10.0 Å². The van der Waals surface area contributed by atoms with Crippen molar-refractivity contribution in [2.75, 3.05) is 13.1 Å². The third-order valence-corrected chi connectivity index (χ3v) is 5.32. The largest absolute Gasteiger partial charge is 0.481 e. The molecule has 0 aromatic heterocycles. The van der Waals surface area contributed by atoms with E-state index in [2.05, 4.69) is 0 Å². The molecule has 1 heterocycles. The summed E-state index contributed by atoms with van der Waals surface area (Å²) in [6.45, 7) is -1.04. The highest BCUT2D eigenvalue weighted by Crippen LogP contribution is 2.52. The Labute approximate surface area is 141 Å². The van der Waals surface area contributed by atoms with E-state index in [-0.39, 0.29) is 6.54 Å². The molecule has 0 bridgehead atoms. The highest BCUT2D eigenvalue weighted by Gasteiger charge is 2.66. The van der Waals surface area contributed by atoms with E-state index in [0.717, 1.165) is 4.90 Å². The Morgan fingerprint density at radius 2 is 1.71 bits per heavy atom. The minimum Gasteiger partial charge on any atom is -0.481 e. The molecule has 1 aliphatic carbocycles. The lowest BCUT2D eigenvalue weighted by molar-refractivity contribution is -0.227. The molecule has 1 aromatic rings. The molecule has 2 fully saturated rings. The molecule has 130 valence electrons. The predicted molar refractivity (Wildman–Crippen MR) is 79.7 cm³/mol. The van der Waals surface area contributed by atoms with Gasteiger partial charge >= 0.3 is 12.1 Å². The van der Waals surface area contributed by atoms with E-state index in [4.69, 9.17) is 16.7 Å². The number of alkyl halides is 3. The molecule has 1 aromatic carbocycles. The first-order valence-corrected chi connectivity index (χ1v) is 7.86. The van der Waals surface area contributed by atoms with Crippen LogP contribution < -0.4 is 0 Å². The van der Waals surface area contributed by atoms with E-state index in [1.54, 1.807) is 24.3 Å². The van der Waals surface area contributed by atoms with Crippen LogP contribution in [-0.2, 0) is 15.0 Å². The predicted octanol–water partition coefficient (Wildman–Crippen LogP) is 3.24. The summed E-state index contributed by atoms with van der Waals surface area (Å²) in [6.07, 6.45) is -4.44. The topological polar surface area (TPSA) is 57.6 Å². The van der Waals surface area contributed by atoms with Crippen LogP contribution in [0.1, 0.15) is 24.8 Å². The summed E-state index contributed by atoms with van der Waals surface area (Å²) in [6, 6.07) is 6.64. The molecular weight excluding hydrogens is 347 g/mol. The van der Waals surface area contributed by atoms with Crippen molar-refractivity contribution in [2.45, 2.75) is 30.9 Å². The van der Waals surface area contributed by atoms with E-state index < -0.39 is 41.8 Å². The van der Waals surface area contributed by atoms with Crippen LogP contribution in [0.15, 0.2) is 24.3 Å². The fourth-order valence-electron chi connectivity index (χ4n) is 3.33. The number of halogens is 4. The van der Waals surface area contributed by atoms with Gasteiger partial charge in [0.1, 0.15) is 0 Å². The van der Waals surface area contributed by atoms with E-state index >= 15 is 0 Å². The Morgan fingerprint density at radius 1 is 1.12 bits per heavy atom. The first kappa shape index (κ1) is 17.1. The lowest BCUT2D eigenvalue weighted by atomic mass is 9.86. The molecule has 4 nitrogen and oxygen atoms in total. The van der Waals surface area contributed by atoms with Crippen LogP contribution in [0.2, 0.25) is 5.02 Å². The maximum absolute atomic E-state index is 13.2. The SMILES string of the molecule is O=C(N1CCC(C(=O)O)(C(F)(F)F)C1)C1(c2ccc(Cl)cc2)CC1. The van der Waals surface area contributed by atoms with Crippen LogP contribution in [0.5, 0.6) is 0 Å². The summed E-state index contributed by atoms with van der Waals surface area (Å²) in [5.41, 5.74) is -3.01. The number of rotatable bonds is 3. The second-order valence-corrected chi connectivity index (χ2v) is 6.89. The van der Waals surface area contributed by atoms with Crippen molar-refractivity contribution >= 4 is 23.5 Å². The third-order valence-electron chi connectivity index (χ3n) is 5.06. The molecule has 24 heavy (non-hydrogen) atoms. The number of hydrogen-bond acceptors (Lipinski definition) is 2. The average molecular weight is 362 g/mol. The zero-order valence-electron chi connectivity index (χ0n) is 12.6. The number of carboxylic acid groups (broad SMARTS) is 1. The van der Waals surface area contributed by atoms with Gasteiger partial charge in [-0.15, -0.1) is 0 Å². The van der Waals surface area contributed by atoms with Gasteiger partial charge in [-0.2, -0.15) is 13.2 Å². The average Bonchev–Trinajstić information content (AvgIpc) is 3.16. The van der Waals surface area contributed by atoms with Crippen LogP contribution >= 0.6 is 11.6 Å². The van der Waals surface area contributed by atoms with E-state index in [9.17, 15) is 22.8 Å². The standard InChI is InChI=1S/C16H15ClF3NO3/c17-11-3-1-10(2-4-11)14(5-6-14)12(22)21-8-7-15(9-21,13(23)24)16(18,19)20/h1-4H,5-9H2,(H,23,24). The van der Waals surface area contributed by atoms with Crippen molar-refractivity contribution in [1.82, 2.24) is 4.90 Å². The van der Waals surface area contributed by atoms with Crippen molar-refractivity contribution in [2.24, 2.45) is 5.41 Å². The van der Waals surface area contributed by atoms with Crippen molar-refractivity contribution in [3.63, 3.8) is 0 Å². The van der Waals surface area contributed by atoms with Gasteiger partial charge in [0, 0.05) is 18.1 Å². The number of aliphatic carboxylic acids is 1. The lowest BCUT2D eigenvalue weighted by Gasteiger charge is -2.28. The number of likely N-dealkylation sites (tertiary alicyclic amines) is 1. The highest BCUT2D eigenvalue weighted by molar-refractivity contribution is 6.30. The zero-order chi connectivity index (χ0) is 17.8. The Hall–Kier alpha value is -1.76. The molecule has 1 unspecified atom stereocenters. The van der Waals surface area contributed by atoms with Gasteiger partial charge in [-0.25, -0.2) is 0 Å². The highest BCUT2D eigenvalue weighted by atomic mass is 35.5. The molecule has 1 atom stereocenters. The summed E-state index contributed by atoms with van der Waals surface area (Å²) in [5.74, 6) is -2.36. The zero-order valence-corrected chi connectivity index (χ0v) is 13.3. The van der Waals surface area contributed by atoms with Crippen molar-refractivity contribution < 1.29 is 27.9 Å². The van der Waals surface area contributed by atoms with Gasteiger partial charge in [0.2, 0.25) is 5.91 Å². The summed E-state index contributed by atoms with van der Waals surface area (Å²) < 4.78 is 39.7. The second-order valence-electron chi connectivity index (χ2n) is 6.45. The normalized spacial score (nSPS) is 25.6. The Bertz CT molecular complexity index is 685. The summed E-state index contributed by atoms with van der Waals surface area (Å²) in [5, 5.41) is 9.60. The molecule has 0 spiro atoms. The fourth-order valence-corrected chi connectivity index (χ4v) is 3.46. The first-order chi connectivity index (χ1) is 11.1. The van der Waals surface area contributed by atoms with E-state index in [1.807, 2.05) is 0 Å². The molecule has 8 heteroatoms. The number of carboxylic acids is 1. The molecule has 1 aliphatic heterocycles. The molecule has 1 saturated heterocycles. The van der Waals surface area contributed by atoms with Gasteiger partial charge in [0.25, 0.3) is 0 Å². The van der Waals surface area contributed by atoms with Crippen molar-refractivity contribution in [3.05, 3.63) is 34.9 Å². The molecule has 3 rings (SSSR count). The van der Waals surface area contributed by atoms with Crippen LogP contribution in [0.4, 0.5) is 13.2 Å². The Kier molecular flexibility index (Phi) is 3.82. The van der Waals surface area contributed by atoms with Crippen LogP contribution in [0.3, 0.4) is 0 Å². The number of nitrogens with zero attached hydrogens (tertiary/aromatic N) is 1. The number of hydrogen-bond donors (Lipinski definition) is 1. The maximum Gasteiger partial charge on any atom is 0.406 e. The molecule has 1 N–H and O–H groups in total. The van der Waals surface area contributed by atoms with Crippen LogP contribution in [0.25, 0.3) is 0 Å². The van der Waals surface area contributed by atoms with Crippen molar-refractivity contribution in [3.8, 4) is 0 Å². The van der Waals surface area contributed by atoms with E-state index in [0.29, 0.717) is 23.4 Å². The second kappa shape index (κ2) is 5.37. The van der Waals surface area contributed by atoms with E-state index in [1.165, 1.54) is 0 Å². The minimum absolute atomic E-state index is 0.208. The van der Waals surface area contributed by atoms with Crippen molar-refractivity contribution in [1.29, 1.82) is 0 Å². The molecular formula is C16H15ClF3NO3. The monoisotopic (exact) mass is 361 g/mol. The molecule has 2 aliphatic rings. The molecule has 1 saturated carbocycles. The Morgan fingerprint density at radius 3 is 2.12 bits per heavy atom. The summed E-state index contributed by atoms with van der Waals surface area (Å²) in [4.78, 5) is 25.1.